The number of amides is 1. The van der Waals surface area contributed by atoms with Gasteiger partial charge in [-0.3, -0.25) is 4.79 Å². The second-order valence-corrected chi connectivity index (χ2v) is 6.50. The molecule has 118 valence electrons. The largest absolute Gasteiger partial charge is 0.450 e. The van der Waals surface area contributed by atoms with E-state index in [9.17, 15) is 4.79 Å². The first-order valence-electron chi connectivity index (χ1n) is 8.02. The maximum Gasteiger partial charge on any atom is 0.289 e. The number of nitrogens with zero attached hydrogens (tertiary/aromatic N) is 1. The third-order valence-corrected chi connectivity index (χ3v) is 4.93. The second kappa shape index (κ2) is 5.76. The monoisotopic (exact) mass is 300 g/mol. The van der Waals surface area contributed by atoms with Crippen molar-refractivity contribution in [3.05, 3.63) is 35.1 Å². The van der Waals surface area contributed by atoms with Gasteiger partial charge in [-0.2, -0.15) is 0 Å². The SMILES string of the molecule is Cc1c(C(=O)N2CCC(C(C)N)CC2)oc2c(C)cccc12. The summed E-state index contributed by atoms with van der Waals surface area (Å²) in [6.45, 7) is 7.55. The van der Waals surface area contributed by atoms with Crippen LogP contribution in [-0.4, -0.2) is 29.9 Å². The van der Waals surface area contributed by atoms with E-state index in [2.05, 4.69) is 0 Å². The number of carbonyl (C=O) groups is 1. The number of fused-ring (bicyclic) bond motifs is 1. The fraction of sp³-hybridized carbons (Fsp3) is 0.500. The number of benzene rings is 1. The molecule has 2 aromatic rings. The van der Waals surface area contributed by atoms with Crippen molar-refractivity contribution in [1.82, 2.24) is 4.90 Å². The van der Waals surface area contributed by atoms with Gasteiger partial charge in [-0.1, -0.05) is 18.2 Å². The molecule has 2 heterocycles. The van der Waals surface area contributed by atoms with Crippen LogP contribution in [0.25, 0.3) is 11.0 Å². The predicted molar refractivity (Wildman–Crippen MR) is 88.0 cm³/mol. The van der Waals surface area contributed by atoms with Crippen LogP contribution in [0.3, 0.4) is 0 Å². The van der Waals surface area contributed by atoms with Crippen molar-refractivity contribution in [2.24, 2.45) is 11.7 Å². The smallest absolute Gasteiger partial charge is 0.289 e. The van der Waals surface area contributed by atoms with Gasteiger partial charge < -0.3 is 15.1 Å². The first-order valence-corrected chi connectivity index (χ1v) is 8.02. The molecule has 1 amide bonds. The molecule has 1 aromatic carbocycles. The van der Waals surface area contributed by atoms with Gasteiger partial charge in [0.05, 0.1) is 0 Å². The van der Waals surface area contributed by atoms with Crippen molar-refractivity contribution in [1.29, 1.82) is 0 Å². The van der Waals surface area contributed by atoms with E-state index in [1.165, 1.54) is 0 Å². The summed E-state index contributed by atoms with van der Waals surface area (Å²) in [4.78, 5) is 14.7. The van der Waals surface area contributed by atoms with Gasteiger partial charge in [-0.05, 0) is 45.1 Å². The Morgan fingerprint density at radius 1 is 1.32 bits per heavy atom. The van der Waals surface area contributed by atoms with Crippen molar-refractivity contribution >= 4 is 16.9 Å². The highest BCUT2D eigenvalue weighted by molar-refractivity contribution is 5.99. The zero-order chi connectivity index (χ0) is 15.9. The average molecular weight is 300 g/mol. The predicted octanol–water partition coefficient (Wildman–Crippen LogP) is 3.25. The molecule has 22 heavy (non-hydrogen) atoms. The van der Waals surface area contributed by atoms with Crippen LogP contribution in [0.1, 0.15) is 41.4 Å². The zero-order valence-electron chi connectivity index (χ0n) is 13.6. The van der Waals surface area contributed by atoms with Crippen LogP contribution < -0.4 is 5.73 Å². The minimum atomic E-state index is 0.0104. The summed E-state index contributed by atoms with van der Waals surface area (Å²) in [7, 11) is 0. The molecule has 3 rings (SSSR count). The van der Waals surface area contributed by atoms with Crippen molar-refractivity contribution in [3.8, 4) is 0 Å². The highest BCUT2D eigenvalue weighted by Crippen LogP contribution is 2.29. The summed E-state index contributed by atoms with van der Waals surface area (Å²) in [5.41, 5.74) is 8.80. The van der Waals surface area contributed by atoms with E-state index >= 15 is 0 Å². The maximum absolute atomic E-state index is 12.8. The quantitative estimate of drug-likeness (QED) is 0.926. The van der Waals surface area contributed by atoms with Crippen LogP contribution in [-0.2, 0) is 0 Å². The summed E-state index contributed by atoms with van der Waals surface area (Å²) in [5, 5.41) is 1.04. The minimum Gasteiger partial charge on any atom is -0.450 e. The summed E-state index contributed by atoms with van der Waals surface area (Å²) < 4.78 is 5.90. The van der Waals surface area contributed by atoms with Crippen molar-refractivity contribution in [3.63, 3.8) is 0 Å². The van der Waals surface area contributed by atoms with E-state index < -0.39 is 0 Å². The van der Waals surface area contributed by atoms with Gasteiger partial charge in [-0.15, -0.1) is 0 Å². The topological polar surface area (TPSA) is 59.5 Å². The lowest BCUT2D eigenvalue weighted by Crippen LogP contribution is -2.42. The lowest BCUT2D eigenvalue weighted by atomic mass is 9.91. The Balaban J connectivity index is 1.84. The molecule has 0 aliphatic carbocycles. The fourth-order valence-corrected chi connectivity index (χ4v) is 3.36. The van der Waals surface area contributed by atoms with E-state index in [0.717, 1.165) is 48.0 Å². The number of carbonyl (C=O) groups excluding carboxylic acids is 1. The molecular formula is C18H24N2O2. The van der Waals surface area contributed by atoms with Gasteiger partial charge >= 0.3 is 0 Å². The van der Waals surface area contributed by atoms with Crippen molar-refractivity contribution in [2.75, 3.05) is 13.1 Å². The molecule has 1 aromatic heterocycles. The normalized spacial score (nSPS) is 17.9. The van der Waals surface area contributed by atoms with Crippen LogP contribution in [0.2, 0.25) is 0 Å². The highest BCUT2D eigenvalue weighted by atomic mass is 16.3. The van der Waals surface area contributed by atoms with Crippen LogP contribution in [0.5, 0.6) is 0 Å². The number of furan rings is 1. The van der Waals surface area contributed by atoms with Crippen LogP contribution in [0, 0.1) is 19.8 Å². The third-order valence-electron chi connectivity index (χ3n) is 4.93. The number of hydrogen-bond donors (Lipinski definition) is 1. The van der Waals surface area contributed by atoms with Gasteiger partial charge in [-0.25, -0.2) is 0 Å². The summed E-state index contributed by atoms with van der Waals surface area (Å²) in [6.07, 6.45) is 1.95. The molecular weight excluding hydrogens is 276 g/mol. The lowest BCUT2D eigenvalue weighted by Gasteiger charge is -2.33. The molecule has 1 aliphatic heterocycles. The summed E-state index contributed by atoms with van der Waals surface area (Å²) >= 11 is 0. The Kier molecular flexibility index (Phi) is 3.96. The number of nitrogens with two attached hydrogens (primary N) is 1. The van der Waals surface area contributed by atoms with E-state index in [4.69, 9.17) is 10.2 Å². The second-order valence-electron chi connectivity index (χ2n) is 6.50. The van der Waals surface area contributed by atoms with Gasteiger partial charge in [0.2, 0.25) is 0 Å². The number of piperidine rings is 1. The molecule has 1 aliphatic rings. The number of para-hydroxylation sites is 1. The number of aryl methyl sites for hydroxylation is 2. The Morgan fingerprint density at radius 3 is 2.59 bits per heavy atom. The lowest BCUT2D eigenvalue weighted by molar-refractivity contribution is 0.0650. The first kappa shape index (κ1) is 15.1. The molecule has 1 saturated heterocycles. The molecule has 1 unspecified atom stereocenters. The first-order chi connectivity index (χ1) is 10.5. The molecule has 1 atom stereocenters. The number of hydrogen-bond acceptors (Lipinski definition) is 3. The third kappa shape index (κ3) is 2.52. The van der Waals surface area contributed by atoms with E-state index in [-0.39, 0.29) is 11.9 Å². The maximum atomic E-state index is 12.8. The average Bonchev–Trinajstić information content (AvgIpc) is 2.85. The van der Waals surface area contributed by atoms with Gasteiger partial charge in [0.15, 0.2) is 5.76 Å². The molecule has 0 spiro atoms. The van der Waals surface area contributed by atoms with Crippen LogP contribution >= 0.6 is 0 Å². The Morgan fingerprint density at radius 2 is 2.00 bits per heavy atom. The Hall–Kier alpha value is -1.81. The molecule has 0 saturated carbocycles. The van der Waals surface area contributed by atoms with E-state index in [1.807, 2.05) is 43.9 Å². The number of likely N-dealkylation sites (tertiary alicyclic amines) is 1. The molecule has 1 fully saturated rings. The van der Waals surface area contributed by atoms with Crippen molar-refractivity contribution < 1.29 is 9.21 Å². The molecule has 0 bridgehead atoms. The van der Waals surface area contributed by atoms with E-state index in [0.29, 0.717) is 11.7 Å². The summed E-state index contributed by atoms with van der Waals surface area (Å²) in [5.74, 6) is 1.02. The molecule has 4 nitrogen and oxygen atoms in total. The van der Waals surface area contributed by atoms with Gasteiger partial charge in [0.25, 0.3) is 5.91 Å². The van der Waals surface area contributed by atoms with Gasteiger partial charge in [0, 0.05) is 30.1 Å². The van der Waals surface area contributed by atoms with Crippen LogP contribution in [0.4, 0.5) is 0 Å². The zero-order valence-corrected chi connectivity index (χ0v) is 13.6. The highest BCUT2D eigenvalue weighted by Gasteiger charge is 2.28. The fourth-order valence-electron chi connectivity index (χ4n) is 3.36. The standard InChI is InChI=1S/C18H24N2O2/c1-11-5-4-6-15-12(2)17(22-16(11)15)18(21)20-9-7-14(8-10-20)13(3)19/h4-6,13-14H,7-10,19H2,1-3H3. The van der Waals surface area contributed by atoms with Gasteiger partial charge in [0.1, 0.15) is 5.58 Å². The summed E-state index contributed by atoms with van der Waals surface area (Å²) in [6, 6.07) is 6.23. The number of rotatable bonds is 2. The molecule has 2 N–H and O–H groups in total. The van der Waals surface area contributed by atoms with E-state index in [1.54, 1.807) is 0 Å². The Labute approximate surface area is 131 Å². The van der Waals surface area contributed by atoms with Crippen molar-refractivity contribution in [2.45, 2.75) is 39.7 Å². The molecule has 0 radical (unpaired) electrons. The van der Waals surface area contributed by atoms with Crippen LogP contribution in [0.15, 0.2) is 22.6 Å². The Bertz CT molecular complexity index is 694. The minimum absolute atomic E-state index is 0.0104. The molecule has 4 heteroatoms.